The van der Waals surface area contributed by atoms with Gasteiger partial charge in [-0.3, -0.25) is 10.2 Å². The number of ether oxygens (including phenoxy) is 1. The van der Waals surface area contributed by atoms with Crippen molar-refractivity contribution in [1.82, 2.24) is 4.98 Å². The van der Waals surface area contributed by atoms with Crippen LogP contribution in [-0.4, -0.2) is 23.8 Å². The lowest BCUT2D eigenvalue weighted by Crippen LogP contribution is -2.07. The topological polar surface area (TPSA) is 63.6 Å². The molecule has 0 saturated heterocycles. The lowest BCUT2D eigenvalue weighted by Gasteiger charge is -2.00. The number of carbonyl (C=O) groups excluding carboxylic acids is 1. The fourth-order valence-electron chi connectivity index (χ4n) is 1.58. The van der Waals surface area contributed by atoms with Crippen molar-refractivity contribution in [1.29, 1.82) is 0 Å². The van der Waals surface area contributed by atoms with Crippen molar-refractivity contribution in [2.45, 2.75) is 13.3 Å². The molecule has 0 unspecified atom stereocenters. The summed E-state index contributed by atoms with van der Waals surface area (Å²) < 4.78 is 7.01. The number of carbonyl (C=O) groups is 1. The molecule has 0 radical (unpaired) electrons. The minimum Gasteiger partial charge on any atom is -0.466 e. The van der Waals surface area contributed by atoms with Gasteiger partial charge < -0.3 is 4.74 Å². The minimum absolute atomic E-state index is 0.180. The maximum Gasteiger partial charge on any atom is 0.311 e. The fourth-order valence-corrected chi connectivity index (χ4v) is 3.12. The molecule has 1 N–H and O–H groups in total. The summed E-state index contributed by atoms with van der Waals surface area (Å²) in [5.74, 6) is -0.272. The van der Waals surface area contributed by atoms with Gasteiger partial charge in [-0.2, -0.15) is 5.10 Å². The van der Waals surface area contributed by atoms with Gasteiger partial charge >= 0.3 is 5.97 Å². The number of hydrogen-bond donors (Lipinski definition) is 1. The molecule has 2 aromatic rings. The SMILES string of the molecule is CCOC(=O)Cc1csc(NN=Cc2cccc(Br)c2I)n1. The van der Waals surface area contributed by atoms with Crippen molar-refractivity contribution in [3.63, 3.8) is 0 Å². The van der Waals surface area contributed by atoms with E-state index in [2.05, 4.69) is 54.0 Å². The number of rotatable bonds is 6. The van der Waals surface area contributed by atoms with E-state index < -0.39 is 0 Å². The Kier molecular flexibility index (Phi) is 6.77. The quantitative estimate of drug-likeness (QED) is 0.285. The molecule has 0 aliphatic carbocycles. The third kappa shape index (κ3) is 5.03. The zero-order valence-corrected chi connectivity index (χ0v) is 16.2. The van der Waals surface area contributed by atoms with Gasteiger partial charge in [0.2, 0.25) is 5.13 Å². The van der Waals surface area contributed by atoms with Crippen LogP contribution in [0.2, 0.25) is 0 Å². The molecule has 5 nitrogen and oxygen atoms in total. The maximum atomic E-state index is 11.4. The predicted molar refractivity (Wildman–Crippen MR) is 101 cm³/mol. The van der Waals surface area contributed by atoms with Crippen LogP contribution in [0.15, 0.2) is 33.2 Å². The lowest BCUT2D eigenvalue weighted by atomic mass is 10.2. The normalized spacial score (nSPS) is 10.9. The molecule has 1 heterocycles. The first-order valence-corrected chi connectivity index (χ1v) is 9.18. The van der Waals surface area contributed by atoms with Crippen molar-refractivity contribution in [3.8, 4) is 0 Å². The van der Waals surface area contributed by atoms with E-state index in [0.717, 1.165) is 13.6 Å². The van der Waals surface area contributed by atoms with Crippen LogP contribution >= 0.6 is 49.9 Å². The van der Waals surface area contributed by atoms with Crippen LogP contribution in [0.1, 0.15) is 18.2 Å². The first-order valence-electron chi connectivity index (χ1n) is 6.43. The largest absolute Gasteiger partial charge is 0.466 e. The van der Waals surface area contributed by atoms with Crippen molar-refractivity contribution in [2.24, 2.45) is 5.10 Å². The van der Waals surface area contributed by atoms with E-state index >= 15 is 0 Å². The number of benzene rings is 1. The summed E-state index contributed by atoms with van der Waals surface area (Å²) >= 11 is 7.13. The van der Waals surface area contributed by atoms with Crippen molar-refractivity contribution >= 4 is 67.2 Å². The zero-order valence-electron chi connectivity index (χ0n) is 11.7. The molecule has 116 valence electrons. The van der Waals surface area contributed by atoms with Gasteiger partial charge in [-0.1, -0.05) is 12.1 Å². The molecule has 0 atom stereocenters. The third-order valence-electron chi connectivity index (χ3n) is 2.53. The second-order valence-electron chi connectivity index (χ2n) is 4.14. The number of nitrogens with zero attached hydrogens (tertiary/aromatic N) is 2. The highest BCUT2D eigenvalue weighted by molar-refractivity contribution is 14.1. The Bertz CT molecular complexity index is 690. The van der Waals surface area contributed by atoms with Gasteiger partial charge in [-0.15, -0.1) is 11.3 Å². The van der Waals surface area contributed by atoms with Crippen molar-refractivity contribution in [2.75, 3.05) is 12.0 Å². The molecule has 0 amide bonds. The molecule has 0 saturated carbocycles. The molecule has 0 aliphatic rings. The van der Waals surface area contributed by atoms with Crippen LogP contribution in [0.5, 0.6) is 0 Å². The van der Waals surface area contributed by atoms with Gasteiger partial charge in [0.25, 0.3) is 0 Å². The second kappa shape index (κ2) is 8.59. The Hall–Kier alpha value is -1.000. The molecule has 0 spiro atoms. The Labute approximate surface area is 154 Å². The molecule has 22 heavy (non-hydrogen) atoms. The molecule has 0 aliphatic heterocycles. The van der Waals surface area contributed by atoms with Crippen LogP contribution in [0.3, 0.4) is 0 Å². The average Bonchev–Trinajstić information content (AvgIpc) is 2.91. The van der Waals surface area contributed by atoms with Gasteiger partial charge in [0.1, 0.15) is 0 Å². The smallest absolute Gasteiger partial charge is 0.311 e. The fraction of sp³-hybridized carbons (Fsp3) is 0.214. The van der Waals surface area contributed by atoms with E-state index in [1.807, 2.05) is 23.6 Å². The summed E-state index contributed by atoms with van der Waals surface area (Å²) in [6.45, 7) is 2.16. The van der Waals surface area contributed by atoms with Crippen LogP contribution in [0.4, 0.5) is 5.13 Å². The summed E-state index contributed by atoms with van der Waals surface area (Å²) in [6.07, 6.45) is 1.91. The standard InChI is InChI=1S/C14H13BrIN3O2S/c1-2-21-12(20)6-10-8-22-14(18-10)19-17-7-9-4-3-5-11(15)13(9)16/h3-5,7-8H,2,6H2,1H3,(H,18,19). The molecular weight excluding hydrogens is 481 g/mol. The number of esters is 1. The molecule has 1 aromatic heterocycles. The van der Waals surface area contributed by atoms with Crippen LogP contribution in [0, 0.1) is 3.57 Å². The van der Waals surface area contributed by atoms with Crippen LogP contribution in [-0.2, 0) is 16.0 Å². The van der Waals surface area contributed by atoms with Gasteiger partial charge in [0.05, 0.1) is 24.9 Å². The molecule has 1 aromatic carbocycles. The second-order valence-corrected chi connectivity index (χ2v) is 6.93. The van der Waals surface area contributed by atoms with Crippen molar-refractivity contribution in [3.05, 3.63) is 42.9 Å². The van der Waals surface area contributed by atoms with Gasteiger partial charge in [0, 0.05) is 19.0 Å². The van der Waals surface area contributed by atoms with E-state index in [1.165, 1.54) is 11.3 Å². The number of nitrogens with one attached hydrogen (secondary N) is 1. The lowest BCUT2D eigenvalue weighted by molar-refractivity contribution is -0.142. The van der Waals surface area contributed by atoms with E-state index in [0.29, 0.717) is 17.4 Å². The first-order chi connectivity index (χ1) is 10.6. The minimum atomic E-state index is -0.272. The van der Waals surface area contributed by atoms with E-state index in [1.54, 1.807) is 13.1 Å². The Balaban J connectivity index is 1.94. The summed E-state index contributed by atoms with van der Waals surface area (Å²) in [6, 6.07) is 5.91. The molecule has 2 rings (SSSR count). The summed E-state index contributed by atoms with van der Waals surface area (Å²) in [5.41, 5.74) is 4.56. The van der Waals surface area contributed by atoms with Crippen molar-refractivity contribution < 1.29 is 9.53 Å². The highest BCUT2D eigenvalue weighted by Gasteiger charge is 2.08. The highest BCUT2D eigenvalue weighted by atomic mass is 127. The Morgan fingerprint density at radius 2 is 2.41 bits per heavy atom. The summed E-state index contributed by atoms with van der Waals surface area (Å²) in [7, 11) is 0. The average molecular weight is 494 g/mol. The van der Waals surface area contributed by atoms with Crippen LogP contribution < -0.4 is 5.43 Å². The van der Waals surface area contributed by atoms with Gasteiger partial charge in [0.15, 0.2) is 0 Å². The molecule has 0 fully saturated rings. The number of hydrogen-bond acceptors (Lipinski definition) is 6. The number of aromatic nitrogens is 1. The van der Waals surface area contributed by atoms with E-state index in [9.17, 15) is 4.79 Å². The molecular formula is C14H13BrIN3O2S. The monoisotopic (exact) mass is 493 g/mol. The number of hydrazone groups is 1. The number of thiazole rings is 1. The predicted octanol–water partition coefficient (Wildman–Crippen LogP) is 4.06. The Morgan fingerprint density at radius 1 is 1.59 bits per heavy atom. The van der Waals surface area contributed by atoms with E-state index in [-0.39, 0.29) is 12.4 Å². The number of halogens is 2. The summed E-state index contributed by atoms with van der Waals surface area (Å²) in [5, 5.41) is 6.63. The van der Waals surface area contributed by atoms with Gasteiger partial charge in [-0.05, 0) is 51.5 Å². The first kappa shape index (κ1) is 17.4. The van der Waals surface area contributed by atoms with E-state index in [4.69, 9.17) is 4.74 Å². The third-order valence-corrected chi connectivity index (χ3v) is 5.93. The maximum absolute atomic E-state index is 11.4. The summed E-state index contributed by atoms with van der Waals surface area (Å²) in [4.78, 5) is 15.7. The number of anilines is 1. The highest BCUT2D eigenvalue weighted by Crippen LogP contribution is 2.21. The van der Waals surface area contributed by atoms with Crippen LogP contribution in [0.25, 0.3) is 0 Å². The van der Waals surface area contributed by atoms with Gasteiger partial charge in [-0.25, -0.2) is 4.98 Å². The Morgan fingerprint density at radius 3 is 3.18 bits per heavy atom. The zero-order chi connectivity index (χ0) is 15.9. The molecule has 0 bridgehead atoms. The molecule has 8 heteroatoms.